The summed E-state index contributed by atoms with van der Waals surface area (Å²) >= 11 is 0. The van der Waals surface area contributed by atoms with Crippen molar-refractivity contribution in [2.24, 2.45) is 5.92 Å². The number of hydrogen-bond donors (Lipinski definition) is 0. The van der Waals surface area contributed by atoms with Crippen LogP contribution in [0.2, 0.25) is 0 Å². The van der Waals surface area contributed by atoms with Gasteiger partial charge in [-0.05, 0) is 216 Å². The van der Waals surface area contributed by atoms with E-state index in [4.69, 9.17) is 13.1 Å². The molecule has 696 valence electrons. The van der Waals surface area contributed by atoms with Crippen molar-refractivity contribution in [3.05, 3.63) is 540 Å². The van der Waals surface area contributed by atoms with E-state index in [1.807, 2.05) is 146 Å². The normalized spacial score (nSPS) is 12.9. The summed E-state index contributed by atoms with van der Waals surface area (Å²) in [5, 5.41) is 60.2. The minimum atomic E-state index is -0.322. The first kappa shape index (κ1) is 94.3. The maximum Gasteiger partial charge on any atom is 1.00 e. The van der Waals surface area contributed by atoms with Crippen LogP contribution in [0.3, 0.4) is 0 Å². The molecule has 0 N–H and O–H groups in total. The van der Waals surface area contributed by atoms with Crippen LogP contribution in [0, 0.1) is 76.0 Å². The minimum absolute atomic E-state index is 0. The average Bonchev–Trinajstić information content (AvgIpc) is 0.684. The van der Waals surface area contributed by atoms with Gasteiger partial charge in [-0.15, -0.1) is 9.97 Å². The molecule has 4 aromatic heterocycles. The van der Waals surface area contributed by atoms with Crippen LogP contribution in [-0.4, -0.2) is 34.9 Å². The Morgan fingerprint density at radius 2 is 0.733 bits per heavy atom. The van der Waals surface area contributed by atoms with Crippen molar-refractivity contribution < 1.29 is 32.7 Å². The van der Waals surface area contributed by atoms with Gasteiger partial charge in [0, 0.05) is 46.4 Å². The van der Waals surface area contributed by atoms with Gasteiger partial charge < -0.3 is 24.6 Å². The number of benzene rings is 18. The van der Waals surface area contributed by atoms with Crippen LogP contribution in [-0.2, 0) is 0 Å². The molecule has 4 heterocycles. The van der Waals surface area contributed by atoms with E-state index in [1.165, 1.54) is 87.6 Å². The van der Waals surface area contributed by atoms with Crippen molar-refractivity contribution in [3.63, 3.8) is 0 Å². The number of halogens is 2. The van der Waals surface area contributed by atoms with Gasteiger partial charge in [-0.1, -0.05) is 383 Å². The van der Waals surface area contributed by atoms with E-state index in [0.29, 0.717) is 23.2 Å². The van der Waals surface area contributed by atoms with Crippen LogP contribution in [0.25, 0.3) is 175 Å². The van der Waals surface area contributed by atoms with E-state index in [-0.39, 0.29) is 110 Å². The minimum Gasteiger partial charge on any atom is -0.872 e. The standard InChI is InChI=1S/C64H44F2N2.C40H26.C18N12.C9H7NO.Li/c65-57-41-49(43-19-7-1-8-20-43)39-55(45-23-11-3-12-24-45)63(57)67(51-27-15-5-16-28-51)59-37-33-47-32-36-54-60(38-34-48-31-35-53(59)61(47)62(48)54)68(52-29-17-6-18-30-52)64-56(46-25-13-4-14-26-46)40-50(42-58(64)66)44-21-9-2-10-22-44;1-2-12-31-26-32(25-20-27(31)10-1)40-37-17-7-5-15-35(37)39(36-16-6-8-18-38(36)40)30-23-21-29(22-24-30)34-19-9-13-28-11-3-4-14-33(28)34;1-23-17-18(24-2)30-16-14-12(26-8(4-20)10(6-22)28-14)11-13(15(16)29-17)27-9(5-21)7(3-19)25-11;11-9-3-1-2-7-4-5-10-6-8(7)9;/h1-33,35-42,61H,34H2;1-26H;;1-6,11H;/q;;;;+1/p-1. The van der Waals surface area contributed by atoms with E-state index in [0.717, 1.165) is 89.4 Å². The molecule has 0 saturated carbocycles. The number of anilines is 4. The number of rotatable bonds is 13. The third-order valence-corrected chi connectivity index (χ3v) is 27.3. The fourth-order valence-electron chi connectivity index (χ4n) is 20.6. The van der Waals surface area contributed by atoms with Crippen molar-refractivity contribution in [1.82, 2.24) is 34.9 Å². The van der Waals surface area contributed by atoms with Crippen LogP contribution < -0.4 is 33.8 Å². The van der Waals surface area contributed by atoms with Gasteiger partial charge >= 0.3 is 18.9 Å². The predicted octanol–water partition coefficient (Wildman–Crippen LogP) is 28.8. The summed E-state index contributed by atoms with van der Waals surface area (Å²) in [6.45, 7) is 14.5. The molecular formula is C131H76F2LiN15O. The molecule has 0 radical (unpaired) electrons. The zero-order valence-electron chi connectivity index (χ0n) is 80.3. The molecule has 19 heteroatoms. The largest absolute Gasteiger partial charge is 1.00 e. The molecule has 150 heavy (non-hydrogen) atoms. The van der Waals surface area contributed by atoms with E-state index < -0.39 is 0 Å². The Labute approximate surface area is 873 Å². The van der Waals surface area contributed by atoms with Crippen molar-refractivity contribution >= 4 is 121 Å². The van der Waals surface area contributed by atoms with Crippen molar-refractivity contribution in [1.29, 1.82) is 21.0 Å². The van der Waals surface area contributed by atoms with E-state index in [2.05, 4.69) is 315 Å². The predicted molar refractivity (Wildman–Crippen MR) is 587 cm³/mol. The SMILES string of the molecule is Fc1cc(-c2ccccc2)cc(-c2ccccc2)c1N(C1=CC=C2C=CC3=C4C(=CC=C1C24)CC=C3N(c1ccccc1)c1c(F)cc(-c2ccccc2)cc1-c1ccccc1)c1ccccc1.[C-]#[N+]c1nc2c3nc(C#N)c(C#N)nc3c3nc(C#N)c(C#N)nc3c2nc1[N+]#[C-].[Li+].[O-]c1cccc2ccncc12.c1ccc2cc(-c3c4ccccc4c(-c4ccc(-c5cccc6ccccc56)cc4)c4ccccc34)ccc2c1. The van der Waals surface area contributed by atoms with Gasteiger partial charge in [0.1, 0.15) is 58.0 Å². The molecule has 1 unspecified atom stereocenters. The Balaban J connectivity index is 0.000000130. The third kappa shape index (κ3) is 17.5. The molecule has 0 amide bonds. The van der Waals surface area contributed by atoms with E-state index in [1.54, 1.807) is 60.9 Å². The summed E-state index contributed by atoms with van der Waals surface area (Å²) in [4.78, 5) is 39.2. The number of hydrogen-bond acceptors (Lipinski definition) is 14. The zero-order valence-corrected chi connectivity index (χ0v) is 80.3. The molecule has 4 aliphatic rings. The smallest absolute Gasteiger partial charge is 0.872 e. The van der Waals surface area contributed by atoms with Gasteiger partial charge in [0.15, 0.2) is 22.8 Å². The molecule has 0 aliphatic heterocycles. The first-order chi connectivity index (χ1) is 73.4. The van der Waals surface area contributed by atoms with Crippen LogP contribution in [0.5, 0.6) is 5.75 Å². The molecule has 0 fully saturated rings. The van der Waals surface area contributed by atoms with Crippen LogP contribution in [0.15, 0.2) is 482 Å². The zero-order chi connectivity index (χ0) is 101. The quantitative estimate of drug-likeness (QED) is 0.0453. The number of pyridine rings is 1. The molecule has 22 aromatic rings. The van der Waals surface area contributed by atoms with Gasteiger partial charge in [0.25, 0.3) is 11.6 Å². The molecule has 0 bridgehead atoms. The van der Waals surface area contributed by atoms with Crippen molar-refractivity contribution in [3.8, 4) is 108 Å². The first-order valence-electron chi connectivity index (χ1n) is 48.1. The third-order valence-electron chi connectivity index (χ3n) is 27.3. The van der Waals surface area contributed by atoms with Gasteiger partial charge in [0.2, 0.25) is 11.0 Å². The fourth-order valence-corrected chi connectivity index (χ4v) is 20.6. The summed E-state index contributed by atoms with van der Waals surface area (Å²) in [6, 6.07) is 140. The van der Waals surface area contributed by atoms with Crippen molar-refractivity contribution in [2.75, 3.05) is 9.80 Å². The molecule has 18 aromatic carbocycles. The number of aromatic nitrogens is 7. The number of nitrogens with zero attached hydrogens (tertiary/aromatic N) is 15. The molecule has 26 rings (SSSR count). The van der Waals surface area contributed by atoms with Crippen LogP contribution >= 0.6 is 0 Å². The van der Waals surface area contributed by atoms with E-state index in [9.17, 15) is 26.2 Å². The summed E-state index contributed by atoms with van der Waals surface area (Å²) in [6.07, 6.45) is 19.4. The average molecular weight is 1920 g/mol. The Morgan fingerprint density at radius 3 is 1.22 bits per heavy atom. The van der Waals surface area contributed by atoms with Crippen LogP contribution in [0.1, 0.15) is 29.2 Å². The molecule has 0 spiro atoms. The van der Waals surface area contributed by atoms with E-state index >= 15 is 8.78 Å². The number of allylic oxidation sites excluding steroid dienone is 11. The van der Waals surface area contributed by atoms with Gasteiger partial charge in [-0.2, -0.15) is 21.0 Å². The second kappa shape index (κ2) is 41.0. The van der Waals surface area contributed by atoms with Gasteiger partial charge in [-0.25, -0.2) is 28.7 Å². The monoisotopic (exact) mass is 1920 g/mol. The number of para-hydroxylation sites is 2. The first-order valence-corrected chi connectivity index (χ1v) is 48.1. The molecule has 4 aliphatic carbocycles. The molecule has 1 atom stereocenters. The maximum absolute atomic E-state index is 17.6. The Hall–Kier alpha value is -20.6. The second-order valence-corrected chi connectivity index (χ2v) is 35.8. The summed E-state index contributed by atoms with van der Waals surface area (Å²) in [5.74, 6) is -1.36. The molecular weight excluding hydrogens is 1840 g/mol. The second-order valence-electron chi connectivity index (χ2n) is 35.8. The number of nitriles is 4. The topological polar surface area (TPSA) is 224 Å². The summed E-state index contributed by atoms with van der Waals surface area (Å²) < 4.78 is 35.2. The summed E-state index contributed by atoms with van der Waals surface area (Å²) in [7, 11) is 0. The number of fused-ring (bicyclic) bond motifs is 11. The Bertz CT molecular complexity index is 9380. The van der Waals surface area contributed by atoms with Gasteiger partial charge in [0.05, 0.1) is 22.8 Å². The molecule has 16 nitrogen and oxygen atoms in total. The van der Waals surface area contributed by atoms with Gasteiger partial charge in [-0.3, -0.25) is 4.98 Å². The maximum atomic E-state index is 17.6. The van der Waals surface area contributed by atoms with Crippen molar-refractivity contribution in [2.45, 2.75) is 6.42 Å². The molecule has 0 saturated heterocycles. The van der Waals surface area contributed by atoms with Crippen LogP contribution in [0.4, 0.5) is 43.2 Å². The summed E-state index contributed by atoms with van der Waals surface area (Å²) in [5.41, 5.74) is 23.4. The fraction of sp³-hybridized carbons (Fsp3) is 0.0153. The Morgan fingerprint density at radius 1 is 0.333 bits per heavy atom. The Kier molecular flexibility index (Phi) is 25.8.